The Balaban J connectivity index is 3.48. The van der Waals surface area contributed by atoms with E-state index in [0.29, 0.717) is 5.56 Å². The molecule has 0 bridgehead atoms. The number of carbonyl (C=O) groups is 1. The van der Waals surface area contributed by atoms with Gasteiger partial charge in [0.2, 0.25) is 0 Å². The quantitative estimate of drug-likeness (QED) is 0.809. The molecule has 0 unspecified atom stereocenters. The first-order chi connectivity index (χ1) is 9.44. The van der Waals surface area contributed by atoms with Crippen LogP contribution in [0.25, 0.3) is 0 Å². The number of anilines is 1. The standard InChI is InChI=1S/C14H10N4O2/c1-8-3-9(2)13(11(4-8)14(19)20)18-12(7-17)10(5-15)6-16/h3-4,18H,1-2H3,(H,19,20). The van der Waals surface area contributed by atoms with Gasteiger partial charge in [-0.05, 0) is 31.0 Å². The maximum Gasteiger partial charge on any atom is 0.337 e. The molecule has 2 N–H and O–H groups in total. The SMILES string of the molecule is Cc1cc(C)c(NC(C#N)=C(C#N)C#N)c(C(=O)O)c1. The lowest BCUT2D eigenvalue weighted by Crippen LogP contribution is -2.09. The Labute approximate surface area is 115 Å². The monoisotopic (exact) mass is 266 g/mol. The van der Waals surface area contributed by atoms with Gasteiger partial charge in [-0.3, -0.25) is 0 Å². The third-order valence-electron chi connectivity index (χ3n) is 2.55. The molecule has 0 atom stereocenters. The summed E-state index contributed by atoms with van der Waals surface area (Å²) in [6.07, 6.45) is 0. The predicted molar refractivity (Wildman–Crippen MR) is 70.4 cm³/mol. The number of hydrogen-bond acceptors (Lipinski definition) is 5. The van der Waals surface area contributed by atoms with Crippen LogP contribution in [0.3, 0.4) is 0 Å². The first-order valence-electron chi connectivity index (χ1n) is 5.50. The summed E-state index contributed by atoms with van der Waals surface area (Å²) >= 11 is 0. The van der Waals surface area contributed by atoms with E-state index in [2.05, 4.69) is 5.32 Å². The van der Waals surface area contributed by atoms with Crippen molar-refractivity contribution in [3.8, 4) is 18.2 Å². The van der Waals surface area contributed by atoms with E-state index in [1.165, 1.54) is 6.07 Å². The Morgan fingerprint density at radius 2 is 1.75 bits per heavy atom. The Hall–Kier alpha value is -3.30. The van der Waals surface area contributed by atoms with Gasteiger partial charge in [-0.15, -0.1) is 0 Å². The molecule has 0 amide bonds. The summed E-state index contributed by atoms with van der Waals surface area (Å²) in [5, 5.41) is 38.2. The van der Waals surface area contributed by atoms with Gasteiger partial charge >= 0.3 is 5.97 Å². The van der Waals surface area contributed by atoms with E-state index in [-0.39, 0.29) is 16.9 Å². The first-order valence-corrected chi connectivity index (χ1v) is 5.50. The maximum atomic E-state index is 11.2. The molecule has 0 aliphatic carbocycles. The highest BCUT2D eigenvalue weighted by Crippen LogP contribution is 2.25. The minimum atomic E-state index is -1.16. The molecule has 0 radical (unpaired) electrons. The minimum absolute atomic E-state index is 0.0227. The number of nitrogens with one attached hydrogen (secondary N) is 1. The van der Waals surface area contributed by atoms with E-state index < -0.39 is 11.5 Å². The van der Waals surface area contributed by atoms with Crippen LogP contribution in [0.15, 0.2) is 23.4 Å². The number of allylic oxidation sites excluding steroid dienone is 2. The van der Waals surface area contributed by atoms with Crippen molar-refractivity contribution in [3.63, 3.8) is 0 Å². The highest BCUT2D eigenvalue weighted by atomic mass is 16.4. The maximum absolute atomic E-state index is 11.2. The van der Waals surface area contributed by atoms with Crippen LogP contribution in [0.5, 0.6) is 0 Å². The van der Waals surface area contributed by atoms with E-state index in [1.54, 1.807) is 38.1 Å². The molecule has 20 heavy (non-hydrogen) atoms. The molecule has 0 aromatic heterocycles. The van der Waals surface area contributed by atoms with E-state index in [1.807, 2.05) is 0 Å². The predicted octanol–water partition coefficient (Wildman–Crippen LogP) is 2.24. The molecule has 1 rings (SSSR count). The topological polar surface area (TPSA) is 121 Å². The number of nitriles is 3. The fourth-order valence-electron chi connectivity index (χ4n) is 1.71. The third kappa shape index (κ3) is 2.93. The summed E-state index contributed by atoms with van der Waals surface area (Å²) < 4.78 is 0. The van der Waals surface area contributed by atoms with E-state index >= 15 is 0 Å². The zero-order chi connectivity index (χ0) is 15.3. The Kier molecular flexibility index (Phi) is 4.46. The lowest BCUT2D eigenvalue weighted by molar-refractivity contribution is 0.0698. The van der Waals surface area contributed by atoms with Crippen molar-refractivity contribution in [2.24, 2.45) is 0 Å². The molecular weight excluding hydrogens is 256 g/mol. The number of hydrogen-bond donors (Lipinski definition) is 2. The number of nitrogens with zero attached hydrogens (tertiary/aromatic N) is 3. The largest absolute Gasteiger partial charge is 0.478 e. The lowest BCUT2D eigenvalue weighted by Gasteiger charge is -2.13. The van der Waals surface area contributed by atoms with Gasteiger partial charge in [-0.25, -0.2) is 4.79 Å². The van der Waals surface area contributed by atoms with Crippen LogP contribution >= 0.6 is 0 Å². The summed E-state index contributed by atoms with van der Waals surface area (Å²) in [4.78, 5) is 11.2. The fourth-order valence-corrected chi connectivity index (χ4v) is 1.71. The Morgan fingerprint density at radius 1 is 1.15 bits per heavy atom. The zero-order valence-electron chi connectivity index (χ0n) is 10.9. The van der Waals surface area contributed by atoms with Crippen molar-refractivity contribution in [2.75, 3.05) is 5.32 Å². The molecule has 0 saturated heterocycles. The van der Waals surface area contributed by atoms with Crippen molar-refractivity contribution < 1.29 is 9.90 Å². The molecule has 6 heteroatoms. The van der Waals surface area contributed by atoms with Gasteiger partial charge in [0, 0.05) is 0 Å². The molecule has 0 heterocycles. The average molecular weight is 266 g/mol. The van der Waals surface area contributed by atoms with E-state index in [4.69, 9.17) is 15.8 Å². The molecule has 1 aromatic rings. The number of aryl methyl sites for hydroxylation is 2. The average Bonchev–Trinajstić information content (AvgIpc) is 2.40. The van der Waals surface area contributed by atoms with Crippen LogP contribution in [-0.4, -0.2) is 11.1 Å². The van der Waals surface area contributed by atoms with Gasteiger partial charge in [0.1, 0.15) is 23.9 Å². The van der Waals surface area contributed by atoms with Crippen molar-refractivity contribution >= 4 is 11.7 Å². The van der Waals surface area contributed by atoms with Gasteiger partial charge in [0.25, 0.3) is 0 Å². The molecule has 0 aliphatic rings. The number of rotatable bonds is 3. The lowest BCUT2D eigenvalue weighted by atomic mass is 10.0. The number of carboxylic acids is 1. The van der Waals surface area contributed by atoms with Crippen molar-refractivity contribution in [2.45, 2.75) is 13.8 Å². The van der Waals surface area contributed by atoms with E-state index in [0.717, 1.165) is 5.56 Å². The zero-order valence-corrected chi connectivity index (χ0v) is 10.9. The van der Waals surface area contributed by atoms with Gasteiger partial charge in [0.15, 0.2) is 5.57 Å². The van der Waals surface area contributed by atoms with Gasteiger partial charge in [-0.1, -0.05) is 6.07 Å². The smallest absolute Gasteiger partial charge is 0.337 e. The highest BCUT2D eigenvalue weighted by molar-refractivity contribution is 5.96. The van der Waals surface area contributed by atoms with Crippen LogP contribution in [-0.2, 0) is 0 Å². The first kappa shape index (κ1) is 14.8. The third-order valence-corrected chi connectivity index (χ3v) is 2.55. The summed E-state index contributed by atoms with van der Waals surface area (Å²) in [6.45, 7) is 3.43. The van der Waals surface area contributed by atoms with Crippen LogP contribution in [0.2, 0.25) is 0 Å². The molecule has 0 saturated carbocycles. The van der Waals surface area contributed by atoms with Gasteiger partial charge in [-0.2, -0.15) is 15.8 Å². The van der Waals surface area contributed by atoms with Crippen LogP contribution in [0.4, 0.5) is 5.69 Å². The number of carboxylic acid groups (broad SMARTS) is 1. The van der Waals surface area contributed by atoms with Crippen LogP contribution in [0.1, 0.15) is 21.5 Å². The Bertz CT molecular complexity index is 711. The molecule has 6 nitrogen and oxygen atoms in total. The van der Waals surface area contributed by atoms with Crippen LogP contribution in [0, 0.1) is 47.8 Å². The molecule has 1 aromatic carbocycles. The number of aromatic carboxylic acids is 1. The summed E-state index contributed by atoms with van der Waals surface area (Å²) in [6, 6.07) is 8.06. The molecule has 0 aliphatic heterocycles. The summed E-state index contributed by atoms with van der Waals surface area (Å²) in [5.41, 5.74) is 0.862. The molecular formula is C14H10N4O2. The fraction of sp³-hybridized carbons (Fsp3) is 0.143. The molecule has 98 valence electrons. The molecule has 0 spiro atoms. The van der Waals surface area contributed by atoms with E-state index in [9.17, 15) is 9.90 Å². The minimum Gasteiger partial charge on any atom is -0.478 e. The molecule has 0 fully saturated rings. The second-order valence-corrected chi connectivity index (χ2v) is 4.02. The van der Waals surface area contributed by atoms with Crippen molar-refractivity contribution in [1.29, 1.82) is 15.8 Å². The van der Waals surface area contributed by atoms with Crippen molar-refractivity contribution in [3.05, 3.63) is 40.1 Å². The highest BCUT2D eigenvalue weighted by Gasteiger charge is 2.16. The second kappa shape index (κ2) is 6.04. The van der Waals surface area contributed by atoms with Crippen LogP contribution < -0.4 is 5.32 Å². The summed E-state index contributed by atoms with van der Waals surface area (Å²) in [5.74, 6) is -1.16. The van der Waals surface area contributed by atoms with Gasteiger partial charge in [0.05, 0.1) is 11.3 Å². The Morgan fingerprint density at radius 3 is 2.20 bits per heavy atom. The van der Waals surface area contributed by atoms with Gasteiger partial charge < -0.3 is 10.4 Å². The van der Waals surface area contributed by atoms with Crippen molar-refractivity contribution in [1.82, 2.24) is 0 Å². The summed E-state index contributed by atoms with van der Waals surface area (Å²) in [7, 11) is 0. The number of benzene rings is 1. The normalized spacial score (nSPS) is 8.75. The second-order valence-electron chi connectivity index (χ2n) is 4.02.